The normalized spacial score (nSPS) is 14.7. The fourth-order valence-corrected chi connectivity index (χ4v) is 4.08. The Morgan fingerprint density at radius 1 is 1.09 bits per heavy atom. The predicted molar refractivity (Wildman–Crippen MR) is 129 cm³/mol. The zero-order valence-corrected chi connectivity index (χ0v) is 19.0. The smallest absolute Gasteiger partial charge is 0.271 e. The first kappa shape index (κ1) is 23.1. The van der Waals surface area contributed by atoms with Crippen LogP contribution >= 0.6 is 0 Å². The van der Waals surface area contributed by atoms with E-state index < -0.39 is 0 Å². The lowest BCUT2D eigenvalue weighted by Crippen LogP contribution is -2.42. The number of ether oxygens (including phenoxy) is 1. The highest BCUT2D eigenvalue weighted by Crippen LogP contribution is 2.32. The second kappa shape index (κ2) is 11.2. The first-order valence-electron chi connectivity index (χ1n) is 11.5. The van der Waals surface area contributed by atoms with Gasteiger partial charge in [-0.05, 0) is 24.1 Å². The fraction of sp³-hybridized carbons (Fsp3) is 0.296. The molecule has 1 aliphatic rings. The number of hydrogen-bond acceptors (Lipinski definition) is 4. The molecule has 0 aliphatic carbocycles. The molecule has 7 nitrogen and oxygen atoms in total. The Morgan fingerprint density at radius 2 is 1.82 bits per heavy atom. The quantitative estimate of drug-likeness (QED) is 0.395. The van der Waals surface area contributed by atoms with Gasteiger partial charge in [-0.3, -0.25) is 9.59 Å². The van der Waals surface area contributed by atoms with Gasteiger partial charge in [0, 0.05) is 32.1 Å². The second-order valence-electron chi connectivity index (χ2n) is 8.05. The summed E-state index contributed by atoms with van der Waals surface area (Å²) in [6, 6.07) is 18.9. The molecule has 1 aliphatic heterocycles. The van der Waals surface area contributed by atoms with Gasteiger partial charge in [0.25, 0.3) is 5.91 Å². The second-order valence-corrected chi connectivity index (χ2v) is 8.05. The summed E-state index contributed by atoms with van der Waals surface area (Å²) in [6.45, 7) is 1.84. The minimum absolute atomic E-state index is 0.0439. The number of imidazole rings is 1. The Kier molecular flexibility index (Phi) is 7.61. The SMILES string of the molecule is C#CCCCC(=O)N1CCn2cc(C(=O)NCCOc3ccccc3)nc2C1c1ccccc1. The summed E-state index contributed by atoms with van der Waals surface area (Å²) >= 11 is 0. The lowest BCUT2D eigenvalue weighted by atomic mass is 10.0. The molecule has 0 saturated carbocycles. The summed E-state index contributed by atoms with van der Waals surface area (Å²) in [5.41, 5.74) is 1.29. The van der Waals surface area contributed by atoms with E-state index in [1.54, 1.807) is 6.20 Å². The van der Waals surface area contributed by atoms with Crippen LogP contribution < -0.4 is 10.1 Å². The Bertz CT molecular complexity index is 1150. The largest absolute Gasteiger partial charge is 0.492 e. The summed E-state index contributed by atoms with van der Waals surface area (Å²) in [5.74, 6) is 3.81. The molecule has 0 radical (unpaired) electrons. The van der Waals surface area contributed by atoms with E-state index in [9.17, 15) is 9.59 Å². The molecule has 1 aromatic heterocycles. The molecule has 7 heteroatoms. The highest BCUT2D eigenvalue weighted by molar-refractivity contribution is 5.92. The topological polar surface area (TPSA) is 76.5 Å². The summed E-state index contributed by atoms with van der Waals surface area (Å²) in [4.78, 5) is 32.3. The number of carbonyl (C=O) groups excluding carboxylic acids is 2. The number of nitrogens with zero attached hydrogens (tertiary/aromatic N) is 3. The fourth-order valence-electron chi connectivity index (χ4n) is 4.08. The molecule has 1 unspecified atom stereocenters. The van der Waals surface area contributed by atoms with Crippen LogP contribution in [0.3, 0.4) is 0 Å². The number of hydrogen-bond donors (Lipinski definition) is 1. The molecule has 0 spiro atoms. The number of carbonyl (C=O) groups is 2. The molecule has 0 fully saturated rings. The van der Waals surface area contributed by atoms with Crippen molar-refractivity contribution in [2.75, 3.05) is 19.7 Å². The molecule has 0 bridgehead atoms. The van der Waals surface area contributed by atoms with Crippen LogP contribution in [0.1, 0.15) is 47.2 Å². The van der Waals surface area contributed by atoms with Crippen molar-refractivity contribution >= 4 is 11.8 Å². The molecule has 1 N–H and O–H groups in total. The van der Waals surface area contributed by atoms with Gasteiger partial charge in [-0.25, -0.2) is 4.98 Å². The molecule has 2 heterocycles. The van der Waals surface area contributed by atoms with Gasteiger partial charge in [0.1, 0.15) is 29.9 Å². The number of nitrogens with one attached hydrogen (secondary N) is 1. The van der Waals surface area contributed by atoms with Crippen LogP contribution in [0.2, 0.25) is 0 Å². The van der Waals surface area contributed by atoms with Crippen molar-refractivity contribution in [1.29, 1.82) is 0 Å². The molecule has 0 saturated heterocycles. The Labute approximate surface area is 199 Å². The number of fused-ring (bicyclic) bond motifs is 1. The van der Waals surface area contributed by atoms with Crippen LogP contribution in [0, 0.1) is 12.3 Å². The average molecular weight is 457 g/mol. The minimum Gasteiger partial charge on any atom is -0.492 e. The summed E-state index contributed by atoms with van der Waals surface area (Å²) in [5, 5.41) is 2.86. The zero-order chi connectivity index (χ0) is 23.8. The van der Waals surface area contributed by atoms with Crippen LogP contribution in [0.15, 0.2) is 66.9 Å². The Morgan fingerprint density at radius 3 is 2.56 bits per heavy atom. The standard InChI is InChI=1S/C27H28N4O3/c1-2-3-6-15-24(32)31-18-17-30-20-23(29-26(30)25(31)21-11-7-4-8-12-21)27(33)28-16-19-34-22-13-9-5-10-14-22/h1,4-5,7-14,20,25H,3,6,15-19H2,(H,28,33). The maximum absolute atomic E-state index is 13.0. The van der Waals surface area contributed by atoms with E-state index in [-0.39, 0.29) is 17.9 Å². The van der Waals surface area contributed by atoms with Crippen molar-refractivity contribution in [3.63, 3.8) is 0 Å². The van der Waals surface area contributed by atoms with E-state index >= 15 is 0 Å². The van der Waals surface area contributed by atoms with Crippen LogP contribution in [-0.4, -0.2) is 46.0 Å². The summed E-state index contributed by atoms with van der Waals surface area (Å²) in [6.07, 6.45) is 8.72. The molecule has 4 rings (SSSR count). The monoisotopic (exact) mass is 456 g/mol. The number of terminal acetylenes is 1. The van der Waals surface area contributed by atoms with Gasteiger partial charge < -0.3 is 19.5 Å². The van der Waals surface area contributed by atoms with Crippen molar-refractivity contribution in [3.05, 3.63) is 83.9 Å². The van der Waals surface area contributed by atoms with Gasteiger partial charge in [0.2, 0.25) is 5.91 Å². The van der Waals surface area contributed by atoms with Gasteiger partial charge in [0.05, 0.1) is 6.54 Å². The third-order valence-electron chi connectivity index (χ3n) is 5.73. The molecular weight excluding hydrogens is 428 g/mol. The van der Waals surface area contributed by atoms with Crippen molar-refractivity contribution in [1.82, 2.24) is 19.8 Å². The number of aromatic nitrogens is 2. The van der Waals surface area contributed by atoms with E-state index in [0.717, 1.165) is 11.3 Å². The molecular formula is C27H28N4O3. The Hall–Kier alpha value is -4.05. The van der Waals surface area contributed by atoms with Crippen LogP contribution in [0.25, 0.3) is 0 Å². The van der Waals surface area contributed by atoms with Crippen LogP contribution in [0.4, 0.5) is 0 Å². The number of unbranched alkanes of at least 4 members (excludes halogenated alkanes) is 1. The summed E-state index contributed by atoms with van der Waals surface area (Å²) in [7, 11) is 0. The minimum atomic E-state index is -0.351. The van der Waals surface area contributed by atoms with E-state index in [2.05, 4.69) is 16.2 Å². The van der Waals surface area contributed by atoms with Gasteiger partial charge >= 0.3 is 0 Å². The number of rotatable bonds is 9. The third-order valence-corrected chi connectivity index (χ3v) is 5.73. The predicted octanol–water partition coefficient (Wildman–Crippen LogP) is 3.43. The van der Waals surface area contributed by atoms with Crippen LogP contribution in [0.5, 0.6) is 5.75 Å². The highest BCUT2D eigenvalue weighted by atomic mass is 16.5. The lowest BCUT2D eigenvalue weighted by Gasteiger charge is -2.36. The zero-order valence-electron chi connectivity index (χ0n) is 19.0. The van der Waals surface area contributed by atoms with Gasteiger partial charge in [-0.1, -0.05) is 48.5 Å². The van der Waals surface area contributed by atoms with E-state index in [0.29, 0.717) is 57.0 Å². The molecule has 3 aromatic rings. The van der Waals surface area contributed by atoms with Gasteiger partial charge in [-0.15, -0.1) is 12.3 Å². The maximum atomic E-state index is 13.0. The highest BCUT2D eigenvalue weighted by Gasteiger charge is 2.34. The van der Waals surface area contributed by atoms with Crippen molar-refractivity contribution in [2.45, 2.75) is 31.8 Å². The van der Waals surface area contributed by atoms with Crippen molar-refractivity contribution in [3.8, 4) is 18.1 Å². The lowest BCUT2D eigenvalue weighted by molar-refractivity contribution is -0.134. The van der Waals surface area contributed by atoms with Crippen molar-refractivity contribution in [2.24, 2.45) is 0 Å². The van der Waals surface area contributed by atoms with Crippen molar-refractivity contribution < 1.29 is 14.3 Å². The van der Waals surface area contributed by atoms with Gasteiger partial charge in [0.15, 0.2) is 0 Å². The first-order valence-corrected chi connectivity index (χ1v) is 11.5. The molecule has 1 atom stereocenters. The van der Waals surface area contributed by atoms with E-state index in [1.807, 2.05) is 70.1 Å². The van der Waals surface area contributed by atoms with E-state index in [4.69, 9.17) is 11.2 Å². The molecule has 34 heavy (non-hydrogen) atoms. The third kappa shape index (κ3) is 5.46. The maximum Gasteiger partial charge on any atom is 0.271 e. The summed E-state index contributed by atoms with van der Waals surface area (Å²) < 4.78 is 7.60. The Balaban J connectivity index is 1.47. The number of amides is 2. The molecule has 2 aromatic carbocycles. The molecule has 174 valence electrons. The number of para-hydroxylation sites is 1. The average Bonchev–Trinajstić information content (AvgIpc) is 3.32. The van der Waals surface area contributed by atoms with Gasteiger partial charge in [-0.2, -0.15) is 0 Å². The van der Waals surface area contributed by atoms with Crippen LogP contribution in [-0.2, 0) is 11.3 Å². The number of benzene rings is 2. The van der Waals surface area contributed by atoms with E-state index in [1.165, 1.54) is 0 Å². The first-order chi connectivity index (χ1) is 16.7. The molecule has 2 amide bonds.